The van der Waals surface area contributed by atoms with E-state index in [1.165, 1.54) is 17.1 Å². The molecule has 17 heavy (non-hydrogen) atoms. The molecule has 2 nitrogen and oxygen atoms in total. The molecular formula is C14H26N2S. The normalized spacial score (nSPS) is 15.5. The van der Waals surface area contributed by atoms with Gasteiger partial charge in [0.2, 0.25) is 0 Å². The summed E-state index contributed by atoms with van der Waals surface area (Å²) in [6.45, 7) is 13.4. The van der Waals surface area contributed by atoms with Gasteiger partial charge >= 0.3 is 0 Å². The van der Waals surface area contributed by atoms with Crippen molar-refractivity contribution < 1.29 is 0 Å². The first-order chi connectivity index (χ1) is 7.95. The molecule has 0 saturated heterocycles. The van der Waals surface area contributed by atoms with E-state index in [1.807, 2.05) is 0 Å². The second-order valence-electron chi connectivity index (χ2n) is 5.45. The van der Waals surface area contributed by atoms with Crippen molar-refractivity contribution in [3.8, 4) is 0 Å². The lowest BCUT2D eigenvalue weighted by Crippen LogP contribution is -2.32. The molecule has 0 amide bonds. The minimum Gasteiger partial charge on any atom is -0.305 e. The Morgan fingerprint density at radius 2 is 1.88 bits per heavy atom. The van der Waals surface area contributed by atoms with Gasteiger partial charge in [-0.25, -0.2) is 4.98 Å². The predicted molar refractivity (Wildman–Crippen MR) is 76.7 cm³/mol. The molecule has 0 fully saturated rings. The van der Waals surface area contributed by atoms with E-state index in [1.54, 1.807) is 11.3 Å². The summed E-state index contributed by atoms with van der Waals surface area (Å²) in [5, 5.41) is 7.10. The van der Waals surface area contributed by atoms with E-state index in [2.05, 4.69) is 52.2 Å². The summed E-state index contributed by atoms with van der Waals surface area (Å²) in [7, 11) is 0. The zero-order chi connectivity index (χ0) is 13.0. The van der Waals surface area contributed by atoms with Crippen molar-refractivity contribution in [1.82, 2.24) is 10.3 Å². The van der Waals surface area contributed by atoms with E-state index in [0.717, 1.165) is 0 Å². The summed E-state index contributed by atoms with van der Waals surface area (Å²) in [5.74, 6) is 1.15. The Labute approximate surface area is 110 Å². The first kappa shape index (κ1) is 14.7. The van der Waals surface area contributed by atoms with Gasteiger partial charge in [0.1, 0.15) is 5.01 Å². The average molecular weight is 254 g/mol. The van der Waals surface area contributed by atoms with Gasteiger partial charge in [-0.1, -0.05) is 48.0 Å². The number of nitrogens with one attached hydrogen (secondary N) is 1. The highest BCUT2D eigenvalue weighted by Crippen LogP contribution is 2.29. The van der Waals surface area contributed by atoms with Crippen LogP contribution >= 0.6 is 11.3 Å². The summed E-state index contributed by atoms with van der Waals surface area (Å²) in [6.07, 6.45) is 1.18. The van der Waals surface area contributed by atoms with Crippen LogP contribution in [0.2, 0.25) is 0 Å². The van der Waals surface area contributed by atoms with Crippen molar-refractivity contribution >= 4 is 11.3 Å². The second-order valence-corrected chi connectivity index (χ2v) is 6.34. The standard InChI is InChI=1S/C14H26N2S/c1-7-11(6)13(15-10(4)5)14-16-12(8-17-14)9(2)3/h8-11,13,15H,7H2,1-6H3. The summed E-state index contributed by atoms with van der Waals surface area (Å²) in [6, 6.07) is 0.901. The fraction of sp³-hybridized carbons (Fsp3) is 0.786. The van der Waals surface area contributed by atoms with Crippen LogP contribution < -0.4 is 5.32 Å². The van der Waals surface area contributed by atoms with Gasteiger partial charge in [0.15, 0.2) is 0 Å². The molecule has 1 aromatic heterocycles. The third-order valence-corrected chi connectivity index (χ3v) is 4.07. The van der Waals surface area contributed by atoms with E-state index < -0.39 is 0 Å². The Balaban J connectivity index is 2.87. The maximum absolute atomic E-state index is 4.79. The van der Waals surface area contributed by atoms with Gasteiger partial charge < -0.3 is 5.32 Å². The van der Waals surface area contributed by atoms with Crippen LogP contribution in [0, 0.1) is 5.92 Å². The minimum atomic E-state index is 0.400. The second kappa shape index (κ2) is 6.50. The molecule has 0 radical (unpaired) electrons. The third-order valence-electron chi connectivity index (χ3n) is 3.12. The van der Waals surface area contributed by atoms with Gasteiger partial charge in [-0.05, 0) is 11.8 Å². The minimum absolute atomic E-state index is 0.400. The van der Waals surface area contributed by atoms with Crippen LogP contribution in [-0.4, -0.2) is 11.0 Å². The lowest BCUT2D eigenvalue weighted by molar-refractivity contribution is 0.350. The van der Waals surface area contributed by atoms with Gasteiger partial charge in [-0.2, -0.15) is 0 Å². The number of thiazole rings is 1. The van der Waals surface area contributed by atoms with Crippen LogP contribution in [0.4, 0.5) is 0 Å². The number of rotatable bonds is 6. The molecule has 98 valence electrons. The Kier molecular flexibility index (Phi) is 5.60. The Morgan fingerprint density at radius 1 is 1.24 bits per heavy atom. The number of hydrogen-bond acceptors (Lipinski definition) is 3. The van der Waals surface area contributed by atoms with E-state index >= 15 is 0 Å². The van der Waals surface area contributed by atoms with Crippen LogP contribution in [-0.2, 0) is 0 Å². The quantitative estimate of drug-likeness (QED) is 0.816. The van der Waals surface area contributed by atoms with Gasteiger partial charge in [0.05, 0.1) is 11.7 Å². The maximum Gasteiger partial charge on any atom is 0.110 e. The van der Waals surface area contributed by atoms with E-state index in [0.29, 0.717) is 23.9 Å². The summed E-state index contributed by atoms with van der Waals surface area (Å²) < 4.78 is 0. The topological polar surface area (TPSA) is 24.9 Å². The fourth-order valence-corrected chi connectivity index (χ4v) is 2.95. The molecule has 0 bridgehead atoms. The lowest BCUT2D eigenvalue weighted by atomic mass is 9.99. The third kappa shape index (κ3) is 4.07. The molecule has 2 atom stereocenters. The summed E-state index contributed by atoms with van der Waals surface area (Å²) in [5.41, 5.74) is 1.23. The fourth-order valence-electron chi connectivity index (χ4n) is 1.78. The smallest absolute Gasteiger partial charge is 0.110 e. The van der Waals surface area contributed by atoms with Crippen molar-refractivity contribution in [2.24, 2.45) is 5.92 Å². The molecular weight excluding hydrogens is 228 g/mol. The van der Waals surface area contributed by atoms with Gasteiger partial charge in [0.25, 0.3) is 0 Å². The molecule has 1 rings (SSSR count). The van der Waals surface area contributed by atoms with Crippen molar-refractivity contribution in [1.29, 1.82) is 0 Å². The van der Waals surface area contributed by atoms with Crippen molar-refractivity contribution in [2.45, 2.75) is 66.0 Å². The number of nitrogens with zero attached hydrogens (tertiary/aromatic N) is 1. The van der Waals surface area contributed by atoms with Crippen LogP contribution in [0.25, 0.3) is 0 Å². The monoisotopic (exact) mass is 254 g/mol. The summed E-state index contributed by atoms with van der Waals surface area (Å²) >= 11 is 1.80. The van der Waals surface area contributed by atoms with E-state index in [-0.39, 0.29) is 0 Å². The predicted octanol–water partition coefficient (Wildman–Crippen LogP) is 4.35. The number of aromatic nitrogens is 1. The van der Waals surface area contributed by atoms with E-state index in [4.69, 9.17) is 4.98 Å². The maximum atomic E-state index is 4.79. The molecule has 1 N–H and O–H groups in total. The van der Waals surface area contributed by atoms with Crippen molar-refractivity contribution in [3.63, 3.8) is 0 Å². The van der Waals surface area contributed by atoms with Crippen LogP contribution in [0.1, 0.15) is 70.6 Å². The lowest BCUT2D eigenvalue weighted by Gasteiger charge is -2.24. The zero-order valence-corrected chi connectivity index (χ0v) is 12.8. The highest BCUT2D eigenvalue weighted by molar-refractivity contribution is 7.09. The molecule has 0 aromatic carbocycles. The van der Waals surface area contributed by atoms with Gasteiger partial charge in [-0.15, -0.1) is 11.3 Å². The van der Waals surface area contributed by atoms with Crippen LogP contribution in [0.15, 0.2) is 5.38 Å². The largest absolute Gasteiger partial charge is 0.305 e. The first-order valence-electron chi connectivity index (χ1n) is 6.67. The molecule has 0 aliphatic heterocycles. The average Bonchev–Trinajstić information content (AvgIpc) is 2.73. The number of hydrogen-bond donors (Lipinski definition) is 1. The highest BCUT2D eigenvalue weighted by Gasteiger charge is 2.22. The molecule has 3 heteroatoms. The van der Waals surface area contributed by atoms with E-state index in [9.17, 15) is 0 Å². The highest BCUT2D eigenvalue weighted by atomic mass is 32.1. The Hall–Kier alpha value is -0.410. The summed E-state index contributed by atoms with van der Waals surface area (Å²) in [4.78, 5) is 4.79. The first-order valence-corrected chi connectivity index (χ1v) is 7.55. The zero-order valence-electron chi connectivity index (χ0n) is 11.9. The van der Waals surface area contributed by atoms with Gasteiger partial charge in [-0.3, -0.25) is 0 Å². The molecule has 1 aromatic rings. The van der Waals surface area contributed by atoms with Crippen molar-refractivity contribution in [3.05, 3.63) is 16.1 Å². The van der Waals surface area contributed by atoms with Crippen LogP contribution in [0.5, 0.6) is 0 Å². The molecule has 0 spiro atoms. The Bertz CT molecular complexity index is 331. The SMILES string of the molecule is CCC(C)C(NC(C)C)c1nc(C(C)C)cs1. The van der Waals surface area contributed by atoms with Crippen LogP contribution in [0.3, 0.4) is 0 Å². The van der Waals surface area contributed by atoms with Gasteiger partial charge in [0, 0.05) is 11.4 Å². The molecule has 0 aliphatic rings. The molecule has 0 aliphatic carbocycles. The molecule has 2 unspecified atom stereocenters. The molecule has 0 saturated carbocycles. The molecule has 1 heterocycles. The van der Waals surface area contributed by atoms with Crippen molar-refractivity contribution in [2.75, 3.05) is 0 Å². The Morgan fingerprint density at radius 3 is 2.29 bits per heavy atom.